The van der Waals surface area contributed by atoms with Gasteiger partial charge in [0.2, 0.25) is 10.0 Å². The Morgan fingerprint density at radius 2 is 2.10 bits per heavy atom. The van der Waals surface area contributed by atoms with Crippen LogP contribution in [-0.2, 0) is 23.5 Å². The third kappa shape index (κ3) is 3.25. The molecule has 0 radical (unpaired) electrons. The predicted octanol–water partition coefficient (Wildman–Crippen LogP) is 1.64. The standard InChI is InChI=1S/C13H17ClN4O2S/c1-10-12(13(14)18(3)16-10)21(19,20)17(2)9-7-11-6-4-5-8-15-11/h4-6,8H,7,9H2,1-3H3. The SMILES string of the molecule is Cc1nn(C)c(Cl)c1S(=O)(=O)N(C)CCc1ccccn1. The van der Waals surface area contributed by atoms with Crippen molar-refractivity contribution in [1.29, 1.82) is 0 Å². The smallest absolute Gasteiger partial charge is 0.247 e. The van der Waals surface area contributed by atoms with E-state index in [1.54, 1.807) is 20.2 Å². The van der Waals surface area contributed by atoms with Crippen molar-refractivity contribution in [3.63, 3.8) is 0 Å². The molecule has 0 atom stereocenters. The molecule has 0 N–H and O–H groups in total. The second-order valence-corrected chi connectivity index (χ2v) is 7.07. The van der Waals surface area contributed by atoms with Crippen LogP contribution < -0.4 is 0 Å². The largest absolute Gasteiger partial charge is 0.261 e. The van der Waals surface area contributed by atoms with Crippen LogP contribution >= 0.6 is 11.6 Å². The molecule has 0 unspecified atom stereocenters. The molecule has 2 heterocycles. The third-order valence-corrected chi connectivity index (χ3v) is 5.73. The molecule has 0 spiro atoms. The molecular formula is C13H17ClN4O2S. The topological polar surface area (TPSA) is 68.1 Å². The zero-order chi connectivity index (χ0) is 15.6. The predicted molar refractivity (Wildman–Crippen MR) is 80.7 cm³/mol. The second kappa shape index (κ2) is 6.13. The average Bonchev–Trinajstić information content (AvgIpc) is 2.71. The second-order valence-electron chi connectivity index (χ2n) is 4.73. The molecule has 8 heteroatoms. The molecule has 0 aliphatic rings. The van der Waals surface area contributed by atoms with Crippen LogP contribution in [0.1, 0.15) is 11.4 Å². The van der Waals surface area contributed by atoms with Crippen molar-refractivity contribution in [2.75, 3.05) is 13.6 Å². The number of halogens is 1. The van der Waals surface area contributed by atoms with Gasteiger partial charge < -0.3 is 0 Å². The van der Waals surface area contributed by atoms with Crippen molar-refractivity contribution in [3.8, 4) is 0 Å². The normalized spacial score (nSPS) is 12.0. The zero-order valence-electron chi connectivity index (χ0n) is 12.1. The van der Waals surface area contributed by atoms with Crippen molar-refractivity contribution in [3.05, 3.63) is 40.9 Å². The summed E-state index contributed by atoms with van der Waals surface area (Å²) < 4.78 is 27.8. The Morgan fingerprint density at radius 3 is 2.62 bits per heavy atom. The van der Waals surface area contributed by atoms with Crippen LogP contribution in [0.4, 0.5) is 0 Å². The van der Waals surface area contributed by atoms with E-state index >= 15 is 0 Å². The summed E-state index contributed by atoms with van der Waals surface area (Å²) in [6.07, 6.45) is 2.22. The van der Waals surface area contributed by atoms with Gasteiger partial charge in [0, 0.05) is 39.0 Å². The minimum atomic E-state index is -3.66. The van der Waals surface area contributed by atoms with Crippen LogP contribution in [0.15, 0.2) is 29.3 Å². The Bertz CT molecular complexity index is 728. The number of sulfonamides is 1. The molecule has 0 fully saturated rings. The van der Waals surface area contributed by atoms with Crippen LogP contribution in [0.25, 0.3) is 0 Å². The average molecular weight is 329 g/mol. The molecule has 0 saturated carbocycles. The Labute approximate surface area is 129 Å². The maximum absolute atomic E-state index is 12.6. The molecule has 21 heavy (non-hydrogen) atoms. The fourth-order valence-corrected chi connectivity index (χ4v) is 3.87. The van der Waals surface area contributed by atoms with E-state index in [2.05, 4.69) is 10.1 Å². The summed E-state index contributed by atoms with van der Waals surface area (Å²) in [6.45, 7) is 1.95. The fourth-order valence-electron chi connectivity index (χ4n) is 2.00. The van der Waals surface area contributed by atoms with Gasteiger partial charge in [-0.15, -0.1) is 0 Å². The van der Waals surface area contributed by atoms with Crippen molar-refractivity contribution in [2.45, 2.75) is 18.2 Å². The van der Waals surface area contributed by atoms with E-state index in [0.29, 0.717) is 18.7 Å². The number of likely N-dealkylation sites (N-methyl/N-ethyl adjacent to an activating group) is 1. The van der Waals surface area contributed by atoms with Crippen LogP contribution in [0.5, 0.6) is 0 Å². The Balaban J connectivity index is 2.19. The lowest BCUT2D eigenvalue weighted by atomic mass is 10.3. The number of hydrogen-bond acceptors (Lipinski definition) is 4. The van der Waals surface area contributed by atoms with Crippen LogP contribution in [-0.4, -0.2) is 41.1 Å². The zero-order valence-corrected chi connectivity index (χ0v) is 13.7. The highest BCUT2D eigenvalue weighted by atomic mass is 35.5. The van der Waals surface area contributed by atoms with Crippen molar-refractivity contribution in [2.24, 2.45) is 7.05 Å². The molecule has 114 valence electrons. The molecule has 0 aromatic carbocycles. The molecule has 2 aromatic rings. The summed E-state index contributed by atoms with van der Waals surface area (Å²) in [4.78, 5) is 4.25. The maximum Gasteiger partial charge on any atom is 0.247 e. The highest BCUT2D eigenvalue weighted by molar-refractivity contribution is 7.89. The van der Waals surface area contributed by atoms with E-state index in [4.69, 9.17) is 11.6 Å². The van der Waals surface area contributed by atoms with Gasteiger partial charge in [-0.3, -0.25) is 9.67 Å². The van der Waals surface area contributed by atoms with E-state index in [-0.39, 0.29) is 10.0 Å². The first-order chi connectivity index (χ1) is 9.84. The van der Waals surface area contributed by atoms with Gasteiger partial charge in [-0.05, 0) is 19.1 Å². The van der Waals surface area contributed by atoms with E-state index in [9.17, 15) is 8.42 Å². The van der Waals surface area contributed by atoms with Gasteiger partial charge in [-0.1, -0.05) is 17.7 Å². The summed E-state index contributed by atoms with van der Waals surface area (Å²) in [5.41, 5.74) is 1.24. The van der Waals surface area contributed by atoms with E-state index < -0.39 is 10.0 Å². The number of nitrogens with zero attached hydrogens (tertiary/aromatic N) is 4. The highest BCUT2D eigenvalue weighted by Crippen LogP contribution is 2.26. The van der Waals surface area contributed by atoms with Crippen LogP contribution in [0, 0.1) is 6.92 Å². The van der Waals surface area contributed by atoms with Gasteiger partial charge in [-0.25, -0.2) is 12.7 Å². The highest BCUT2D eigenvalue weighted by Gasteiger charge is 2.29. The van der Waals surface area contributed by atoms with E-state index in [1.165, 1.54) is 16.0 Å². The maximum atomic E-state index is 12.6. The lowest BCUT2D eigenvalue weighted by Crippen LogP contribution is -2.29. The number of aromatic nitrogens is 3. The Hall–Kier alpha value is -1.44. The fraction of sp³-hybridized carbons (Fsp3) is 0.385. The van der Waals surface area contributed by atoms with Crippen molar-refractivity contribution >= 4 is 21.6 Å². The molecule has 0 aliphatic heterocycles. The third-order valence-electron chi connectivity index (χ3n) is 3.18. The summed E-state index contributed by atoms with van der Waals surface area (Å²) in [5.74, 6) is 0. The van der Waals surface area contributed by atoms with Gasteiger partial charge >= 0.3 is 0 Å². The first-order valence-electron chi connectivity index (χ1n) is 6.39. The monoisotopic (exact) mass is 328 g/mol. The molecule has 0 aliphatic carbocycles. The number of aryl methyl sites for hydroxylation is 2. The summed E-state index contributed by atoms with van der Waals surface area (Å²) in [6, 6.07) is 5.56. The number of hydrogen-bond donors (Lipinski definition) is 0. The van der Waals surface area contributed by atoms with Crippen molar-refractivity contribution < 1.29 is 8.42 Å². The van der Waals surface area contributed by atoms with E-state index in [0.717, 1.165) is 5.69 Å². The molecule has 0 bridgehead atoms. The summed E-state index contributed by atoms with van der Waals surface area (Å²) in [7, 11) is -0.517. The number of pyridine rings is 1. The Morgan fingerprint density at radius 1 is 1.38 bits per heavy atom. The molecule has 0 saturated heterocycles. The minimum absolute atomic E-state index is 0.0650. The van der Waals surface area contributed by atoms with Crippen LogP contribution in [0.2, 0.25) is 5.15 Å². The lowest BCUT2D eigenvalue weighted by Gasteiger charge is -2.16. The molecule has 6 nitrogen and oxygen atoms in total. The van der Waals surface area contributed by atoms with E-state index in [1.807, 2.05) is 18.2 Å². The van der Waals surface area contributed by atoms with Crippen molar-refractivity contribution in [1.82, 2.24) is 19.1 Å². The molecular weight excluding hydrogens is 312 g/mol. The summed E-state index contributed by atoms with van der Waals surface area (Å²) in [5, 5.41) is 4.17. The first kappa shape index (κ1) is 15.9. The van der Waals surface area contributed by atoms with Gasteiger partial charge in [0.1, 0.15) is 10.0 Å². The molecule has 2 rings (SSSR count). The van der Waals surface area contributed by atoms with Gasteiger partial charge in [0.05, 0.1) is 5.69 Å². The van der Waals surface area contributed by atoms with Gasteiger partial charge in [0.25, 0.3) is 0 Å². The first-order valence-corrected chi connectivity index (χ1v) is 8.21. The quantitative estimate of drug-likeness (QED) is 0.836. The molecule has 0 amide bonds. The lowest BCUT2D eigenvalue weighted by molar-refractivity contribution is 0.470. The van der Waals surface area contributed by atoms with Gasteiger partial charge in [0.15, 0.2) is 0 Å². The van der Waals surface area contributed by atoms with Crippen LogP contribution in [0.3, 0.4) is 0 Å². The summed E-state index contributed by atoms with van der Waals surface area (Å²) >= 11 is 6.04. The number of rotatable bonds is 5. The Kier molecular flexibility index (Phi) is 4.65. The molecule has 2 aromatic heterocycles. The minimum Gasteiger partial charge on any atom is -0.261 e. The van der Waals surface area contributed by atoms with Gasteiger partial charge in [-0.2, -0.15) is 5.10 Å².